The van der Waals surface area contributed by atoms with E-state index in [-0.39, 0.29) is 0 Å². The van der Waals surface area contributed by atoms with Crippen molar-refractivity contribution in [3.05, 3.63) is 218 Å². The molecule has 0 spiro atoms. The van der Waals surface area contributed by atoms with Crippen molar-refractivity contribution in [2.24, 2.45) is 0 Å². The lowest BCUT2D eigenvalue weighted by Gasteiger charge is -2.28. The summed E-state index contributed by atoms with van der Waals surface area (Å²) in [5.41, 5.74) is 13.1. The molecule has 2 nitrogen and oxygen atoms in total. The third-order valence-corrected chi connectivity index (χ3v) is 11.6. The van der Waals surface area contributed by atoms with Crippen LogP contribution in [-0.2, 0) is 0 Å². The Hall–Kier alpha value is -7.68. The Kier molecular flexibility index (Phi) is 8.01. The Balaban J connectivity index is 1.06. The van der Waals surface area contributed by atoms with Gasteiger partial charge in [-0.2, -0.15) is 0 Å². The van der Waals surface area contributed by atoms with E-state index in [0.29, 0.717) is 0 Å². The number of benzene rings is 10. The molecule has 0 atom stereocenters. The third-order valence-electron chi connectivity index (χ3n) is 11.6. The minimum atomic E-state index is 0.887. The van der Waals surface area contributed by atoms with Gasteiger partial charge < -0.3 is 9.32 Å². The molecule has 0 unspecified atom stereocenters. The highest BCUT2D eigenvalue weighted by Crippen LogP contribution is 2.44. The molecular weight excluding hydrogens is 703 g/mol. The van der Waals surface area contributed by atoms with E-state index < -0.39 is 0 Å². The first-order valence-electron chi connectivity index (χ1n) is 19.8. The van der Waals surface area contributed by atoms with Crippen LogP contribution in [0, 0.1) is 0 Å². The fourth-order valence-electron chi connectivity index (χ4n) is 8.72. The van der Waals surface area contributed by atoms with Gasteiger partial charge in [-0.1, -0.05) is 158 Å². The largest absolute Gasteiger partial charge is 0.456 e. The van der Waals surface area contributed by atoms with Gasteiger partial charge in [0.2, 0.25) is 0 Å². The number of anilines is 3. The zero-order valence-corrected chi connectivity index (χ0v) is 31.8. The monoisotopic (exact) mass is 739 g/mol. The van der Waals surface area contributed by atoms with Crippen LogP contribution in [-0.4, -0.2) is 0 Å². The van der Waals surface area contributed by atoms with E-state index in [2.05, 4.69) is 218 Å². The molecule has 11 aromatic rings. The van der Waals surface area contributed by atoms with Crippen LogP contribution in [0.1, 0.15) is 5.56 Å². The maximum atomic E-state index is 6.42. The van der Waals surface area contributed by atoms with E-state index in [1.54, 1.807) is 0 Å². The second kappa shape index (κ2) is 13.8. The van der Waals surface area contributed by atoms with Crippen molar-refractivity contribution in [1.29, 1.82) is 0 Å². The van der Waals surface area contributed by atoms with Gasteiger partial charge >= 0.3 is 0 Å². The lowest BCUT2D eigenvalue weighted by Crippen LogP contribution is -2.11. The van der Waals surface area contributed by atoms with Crippen LogP contribution in [0.3, 0.4) is 0 Å². The summed E-state index contributed by atoms with van der Waals surface area (Å²) < 4.78 is 6.42. The van der Waals surface area contributed by atoms with Crippen LogP contribution < -0.4 is 4.90 Å². The summed E-state index contributed by atoms with van der Waals surface area (Å²) in [5.74, 6) is 0. The van der Waals surface area contributed by atoms with Crippen molar-refractivity contribution in [2.45, 2.75) is 0 Å². The van der Waals surface area contributed by atoms with E-state index in [1.807, 2.05) is 6.08 Å². The summed E-state index contributed by atoms with van der Waals surface area (Å²) in [6.45, 7) is 4.05. The molecule has 1 heterocycles. The van der Waals surface area contributed by atoms with Crippen LogP contribution >= 0.6 is 0 Å². The standard InChI is InChI=1S/C56H37NO/c1-2-37-12-5-7-18-48(37)43-17-11-16-40(32-43)38-24-27-46(28-25-38)57(47-29-30-50-44(33-47)23-22-39-13-6-8-19-49(39)50)54-21-10-9-20-51(54)45-26-31-55-52(35-45)53-34-41-14-3-4-15-42(41)36-56(53)58-55/h2-36H,1H2. The van der Waals surface area contributed by atoms with Crippen LogP contribution in [0.2, 0.25) is 0 Å². The molecule has 0 aliphatic carbocycles. The van der Waals surface area contributed by atoms with Gasteiger partial charge in [0, 0.05) is 27.7 Å². The summed E-state index contributed by atoms with van der Waals surface area (Å²) in [4.78, 5) is 2.40. The molecule has 0 aliphatic rings. The molecule has 0 fully saturated rings. The lowest BCUT2D eigenvalue weighted by atomic mass is 9.95. The Labute approximate surface area is 337 Å². The van der Waals surface area contributed by atoms with Gasteiger partial charge in [-0.05, 0) is 126 Å². The summed E-state index contributed by atoms with van der Waals surface area (Å²) in [7, 11) is 0. The Morgan fingerprint density at radius 1 is 0.362 bits per heavy atom. The first kappa shape index (κ1) is 33.6. The second-order valence-corrected chi connectivity index (χ2v) is 15.0. The maximum Gasteiger partial charge on any atom is 0.136 e. The molecule has 2 heteroatoms. The molecule has 10 aromatic carbocycles. The van der Waals surface area contributed by atoms with Gasteiger partial charge in [0.05, 0.1) is 5.69 Å². The van der Waals surface area contributed by atoms with Gasteiger partial charge in [-0.15, -0.1) is 0 Å². The van der Waals surface area contributed by atoms with Crippen LogP contribution in [0.5, 0.6) is 0 Å². The molecule has 0 bridgehead atoms. The molecule has 272 valence electrons. The van der Waals surface area contributed by atoms with Crippen molar-refractivity contribution in [2.75, 3.05) is 4.90 Å². The molecule has 0 saturated heterocycles. The fraction of sp³-hybridized carbons (Fsp3) is 0. The normalized spacial score (nSPS) is 11.5. The average molecular weight is 740 g/mol. The Bertz CT molecular complexity index is 3370. The first-order valence-corrected chi connectivity index (χ1v) is 19.8. The van der Waals surface area contributed by atoms with Gasteiger partial charge in [0.25, 0.3) is 0 Å². The van der Waals surface area contributed by atoms with E-state index >= 15 is 0 Å². The van der Waals surface area contributed by atoms with Gasteiger partial charge in [0.15, 0.2) is 0 Å². The van der Waals surface area contributed by atoms with Gasteiger partial charge in [-0.25, -0.2) is 0 Å². The summed E-state index contributed by atoms with van der Waals surface area (Å²) in [6.07, 6.45) is 1.93. The molecule has 0 aliphatic heterocycles. The predicted molar refractivity (Wildman–Crippen MR) is 247 cm³/mol. The van der Waals surface area contributed by atoms with Crippen molar-refractivity contribution < 1.29 is 4.42 Å². The summed E-state index contributed by atoms with van der Waals surface area (Å²) >= 11 is 0. The number of furan rings is 1. The van der Waals surface area contributed by atoms with E-state index in [1.165, 1.54) is 49.0 Å². The number of hydrogen-bond acceptors (Lipinski definition) is 2. The van der Waals surface area contributed by atoms with Gasteiger partial charge in [0.1, 0.15) is 11.2 Å². The highest BCUT2D eigenvalue weighted by molar-refractivity contribution is 6.12. The SMILES string of the molecule is C=Cc1ccccc1-c1cccc(-c2ccc(N(c3ccc4c(ccc5ccccc54)c3)c3ccccc3-c3ccc4oc5cc6ccccc6cc5c4c3)cc2)c1. The fourth-order valence-corrected chi connectivity index (χ4v) is 8.72. The molecule has 1 aromatic heterocycles. The van der Waals surface area contributed by atoms with E-state index in [4.69, 9.17) is 4.42 Å². The van der Waals surface area contributed by atoms with Crippen molar-refractivity contribution in [1.82, 2.24) is 0 Å². The minimum absolute atomic E-state index is 0.887. The molecule has 0 saturated carbocycles. The highest BCUT2D eigenvalue weighted by Gasteiger charge is 2.19. The molecule has 58 heavy (non-hydrogen) atoms. The number of nitrogens with zero attached hydrogens (tertiary/aromatic N) is 1. The van der Waals surface area contributed by atoms with E-state index in [0.717, 1.165) is 61.3 Å². The predicted octanol–water partition coefficient (Wildman–Crippen LogP) is 16.2. The number of rotatable bonds is 7. The van der Waals surface area contributed by atoms with Crippen LogP contribution in [0.15, 0.2) is 217 Å². The molecule has 0 N–H and O–H groups in total. The quantitative estimate of drug-likeness (QED) is 0.151. The minimum Gasteiger partial charge on any atom is -0.456 e. The molecule has 0 amide bonds. The van der Waals surface area contributed by atoms with Crippen molar-refractivity contribution in [3.63, 3.8) is 0 Å². The number of hydrogen-bond donors (Lipinski definition) is 0. The average Bonchev–Trinajstić information content (AvgIpc) is 3.65. The van der Waals surface area contributed by atoms with Crippen LogP contribution in [0.25, 0.3) is 93.7 Å². The Morgan fingerprint density at radius 3 is 1.86 bits per heavy atom. The van der Waals surface area contributed by atoms with Crippen molar-refractivity contribution >= 4 is 77.4 Å². The topological polar surface area (TPSA) is 16.4 Å². The number of para-hydroxylation sites is 1. The zero-order chi connectivity index (χ0) is 38.6. The highest BCUT2D eigenvalue weighted by atomic mass is 16.3. The first-order chi connectivity index (χ1) is 28.7. The summed E-state index contributed by atoms with van der Waals surface area (Å²) in [6, 6.07) is 74.4. The molecule has 11 rings (SSSR count). The van der Waals surface area contributed by atoms with E-state index in [9.17, 15) is 0 Å². The molecular formula is C56H37NO. The summed E-state index contributed by atoms with van der Waals surface area (Å²) in [5, 5.41) is 9.56. The second-order valence-electron chi connectivity index (χ2n) is 15.0. The third kappa shape index (κ3) is 5.74. The van der Waals surface area contributed by atoms with Crippen molar-refractivity contribution in [3.8, 4) is 33.4 Å². The maximum absolute atomic E-state index is 6.42. The lowest BCUT2D eigenvalue weighted by molar-refractivity contribution is 0.669. The van der Waals surface area contributed by atoms with Crippen LogP contribution in [0.4, 0.5) is 17.1 Å². The zero-order valence-electron chi connectivity index (χ0n) is 31.8. The number of fused-ring (bicyclic) bond motifs is 7. The Morgan fingerprint density at radius 2 is 1.00 bits per heavy atom. The van der Waals surface area contributed by atoms with Gasteiger partial charge in [-0.3, -0.25) is 0 Å². The molecule has 0 radical (unpaired) electrons. The smallest absolute Gasteiger partial charge is 0.136 e.